The van der Waals surface area contributed by atoms with E-state index in [1.807, 2.05) is 0 Å². The second kappa shape index (κ2) is 6.64. The Balaban J connectivity index is 2.29. The van der Waals surface area contributed by atoms with Crippen LogP contribution >= 0.6 is 0 Å². The first-order valence-corrected chi connectivity index (χ1v) is 7.36. The average molecular weight is 342 g/mol. The molecular weight excluding hydrogens is 327 g/mol. The first-order valence-electron chi connectivity index (χ1n) is 7.36. The van der Waals surface area contributed by atoms with Crippen LogP contribution in [0.1, 0.15) is 10.5 Å². The zero-order chi connectivity index (χ0) is 18.0. The third-order valence-electron chi connectivity index (χ3n) is 3.68. The first kappa shape index (κ1) is 16.5. The summed E-state index contributed by atoms with van der Waals surface area (Å²) in [5, 5.41) is 13.4. The number of hydrogen-bond acceptors (Lipinski definition) is 4. The zero-order valence-electron chi connectivity index (χ0n) is 13.6. The highest BCUT2D eigenvalue weighted by atomic mass is 19.1. The summed E-state index contributed by atoms with van der Waals surface area (Å²) in [7, 11) is 3.02. The molecule has 0 spiro atoms. The topological polar surface area (TPSA) is 73.6 Å². The molecule has 7 heteroatoms. The van der Waals surface area contributed by atoms with Crippen molar-refractivity contribution in [3.8, 4) is 28.4 Å². The Morgan fingerprint density at radius 3 is 2.20 bits per heavy atom. The van der Waals surface area contributed by atoms with E-state index in [0.29, 0.717) is 28.4 Å². The average Bonchev–Trinajstić information content (AvgIpc) is 3.06. The van der Waals surface area contributed by atoms with Crippen LogP contribution in [0, 0.1) is 5.82 Å². The van der Waals surface area contributed by atoms with Gasteiger partial charge in [-0.1, -0.05) is 6.07 Å². The quantitative estimate of drug-likeness (QED) is 0.769. The lowest BCUT2D eigenvalue weighted by Gasteiger charge is -2.14. The molecule has 0 amide bonds. The third-order valence-corrected chi connectivity index (χ3v) is 3.68. The van der Waals surface area contributed by atoms with Gasteiger partial charge in [0.1, 0.15) is 17.3 Å². The van der Waals surface area contributed by atoms with Crippen molar-refractivity contribution in [1.29, 1.82) is 0 Å². The van der Waals surface area contributed by atoms with Gasteiger partial charge in [-0.15, -0.1) is 0 Å². The molecular formula is C18H15FN2O4. The molecule has 0 bridgehead atoms. The molecule has 3 rings (SSSR count). The number of aromatic carboxylic acids is 1. The van der Waals surface area contributed by atoms with Gasteiger partial charge in [0.25, 0.3) is 0 Å². The van der Waals surface area contributed by atoms with Gasteiger partial charge in [0.15, 0.2) is 5.69 Å². The third kappa shape index (κ3) is 3.03. The summed E-state index contributed by atoms with van der Waals surface area (Å²) in [6.07, 6.45) is 0. The lowest BCUT2D eigenvalue weighted by atomic mass is 10.1. The molecule has 0 radical (unpaired) electrons. The Morgan fingerprint density at radius 1 is 1.08 bits per heavy atom. The summed E-state index contributed by atoms with van der Waals surface area (Å²) in [5.41, 5.74) is 1.37. The van der Waals surface area contributed by atoms with Crippen molar-refractivity contribution < 1.29 is 23.8 Å². The first-order chi connectivity index (χ1) is 12.0. The van der Waals surface area contributed by atoms with Gasteiger partial charge >= 0.3 is 5.97 Å². The number of carbonyl (C=O) groups is 1. The zero-order valence-corrected chi connectivity index (χ0v) is 13.6. The molecule has 0 saturated carbocycles. The minimum atomic E-state index is -1.17. The molecule has 0 atom stereocenters. The SMILES string of the molecule is COc1cccc(OC)c1-c1cc(C(=O)O)nn1-c1ccc(F)cc1. The van der Waals surface area contributed by atoms with Gasteiger partial charge in [-0.05, 0) is 42.5 Å². The van der Waals surface area contributed by atoms with Crippen LogP contribution < -0.4 is 9.47 Å². The van der Waals surface area contributed by atoms with E-state index in [1.54, 1.807) is 18.2 Å². The summed E-state index contributed by atoms with van der Waals surface area (Å²) in [6, 6.07) is 12.2. The number of nitrogens with zero attached hydrogens (tertiary/aromatic N) is 2. The minimum Gasteiger partial charge on any atom is -0.496 e. The van der Waals surface area contributed by atoms with Crippen LogP contribution in [0.4, 0.5) is 4.39 Å². The summed E-state index contributed by atoms with van der Waals surface area (Å²) in [6.45, 7) is 0. The fourth-order valence-electron chi connectivity index (χ4n) is 2.55. The number of halogens is 1. The second-order valence-electron chi connectivity index (χ2n) is 5.15. The number of carboxylic acid groups (broad SMARTS) is 1. The smallest absolute Gasteiger partial charge is 0.356 e. The van der Waals surface area contributed by atoms with Crippen LogP contribution in [0.15, 0.2) is 48.5 Å². The van der Waals surface area contributed by atoms with Gasteiger partial charge < -0.3 is 14.6 Å². The maximum Gasteiger partial charge on any atom is 0.356 e. The molecule has 1 aromatic heterocycles. The predicted octanol–water partition coefficient (Wildman–Crippen LogP) is 3.39. The highest BCUT2D eigenvalue weighted by molar-refractivity contribution is 5.88. The van der Waals surface area contributed by atoms with Crippen LogP contribution in [0.25, 0.3) is 16.9 Å². The van der Waals surface area contributed by atoms with Crippen LogP contribution in [-0.2, 0) is 0 Å². The monoisotopic (exact) mass is 342 g/mol. The summed E-state index contributed by atoms with van der Waals surface area (Å²) in [4.78, 5) is 11.4. The maximum atomic E-state index is 13.2. The fourth-order valence-corrected chi connectivity index (χ4v) is 2.55. The molecule has 3 aromatic rings. The van der Waals surface area contributed by atoms with E-state index in [-0.39, 0.29) is 5.69 Å². The van der Waals surface area contributed by atoms with Crippen molar-refractivity contribution in [2.45, 2.75) is 0 Å². The van der Waals surface area contributed by atoms with Gasteiger partial charge in [-0.25, -0.2) is 13.9 Å². The molecule has 0 aliphatic carbocycles. The molecule has 0 aliphatic rings. The molecule has 0 unspecified atom stereocenters. The number of hydrogen-bond donors (Lipinski definition) is 1. The van der Waals surface area contributed by atoms with E-state index in [9.17, 15) is 14.3 Å². The number of methoxy groups -OCH3 is 2. The second-order valence-corrected chi connectivity index (χ2v) is 5.15. The van der Waals surface area contributed by atoms with E-state index in [2.05, 4.69) is 5.10 Å². The highest BCUT2D eigenvalue weighted by Gasteiger charge is 2.21. The molecule has 128 valence electrons. The van der Waals surface area contributed by atoms with Crippen LogP contribution in [-0.4, -0.2) is 35.1 Å². The Labute approximate surface area is 143 Å². The molecule has 6 nitrogen and oxygen atoms in total. The van der Waals surface area contributed by atoms with Crippen molar-refractivity contribution >= 4 is 5.97 Å². The van der Waals surface area contributed by atoms with Gasteiger partial charge in [0.2, 0.25) is 0 Å². The Morgan fingerprint density at radius 2 is 1.68 bits per heavy atom. The van der Waals surface area contributed by atoms with Crippen molar-refractivity contribution in [3.63, 3.8) is 0 Å². The highest BCUT2D eigenvalue weighted by Crippen LogP contribution is 2.39. The Bertz CT molecular complexity index is 897. The number of benzene rings is 2. The molecule has 1 heterocycles. The number of aromatic nitrogens is 2. The lowest BCUT2D eigenvalue weighted by molar-refractivity contribution is 0.0690. The number of rotatable bonds is 5. The van der Waals surface area contributed by atoms with E-state index >= 15 is 0 Å². The largest absolute Gasteiger partial charge is 0.496 e. The molecule has 1 N–H and O–H groups in total. The number of carboxylic acids is 1. The normalized spacial score (nSPS) is 10.5. The van der Waals surface area contributed by atoms with Crippen molar-refractivity contribution in [1.82, 2.24) is 9.78 Å². The molecule has 0 saturated heterocycles. The van der Waals surface area contributed by atoms with Crippen molar-refractivity contribution in [2.75, 3.05) is 14.2 Å². The van der Waals surface area contributed by atoms with Crippen LogP contribution in [0.5, 0.6) is 11.5 Å². The van der Waals surface area contributed by atoms with Gasteiger partial charge in [-0.2, -0.15) is 5.10 Å². The van der Waals surface area contributed by atoms with Gasteiger partial charge in [0, 0.05) is 0 Å². The van der Waals surface area contributed by atoms with Crippen LogP contribution in [0.3, 0.4) is 0 Å². The Kier molecular flexibility index (Phi) is 4.38. The van der Waals surface area contributed by atoms with Crippen molar-refractivity contribution in [3.05, 3.63) is 60.0 Å². The molecule has 2 aromatic carbocycles. The van der Waals surface area contributed by atoms with Gasteiger partial charge in [0.05, 0.1) is 31.2 Å². The van der Waals surface area contributed by atoms with Crippen molar-refractivity contribution in [2.24, 2.45) is 0 Å². The summed E-state index contributed by atoms with van der Waals surface area (Å²) < 4.78 is 25.4. The summed E-state index contributed by atoms with van der Waals surface area (Å²) in [5.74, 6) is -0.569. The van der Waals surface area contributed by atoms with E-state index in [0.717, 1.165) is 0 Å². The van der Waals surface area contributed by atoms with E-state index in [4.69, 9.17) is 9.47 Å². The molecule has 0 fully saturated rings. The molecule has 0 aliphatic heterocycles. The number of ether oxygens (including phenoxy) is 2. The van der Waals surface area contributed by atoms with Crippen LogP contribution in [0.2, 0.25) is 0 Å². The Hall–Kier alpha value is -3.35. The fraction of sp³-hybridized carbons (Fsp3) is 0.111. The molecule has 25 heavy (non-hydrogen) atoms. The predicted molar refractivity (Wildman–Crippen MR) is 89.0 cm³/mol. The van der Waals surface area contributed by atoms with Gasteiger partial charge in [-0.3, -0.25) is 0 Å². The van der Waals surface area contributed by atoms with E-state index in [1.165, 1.54) is 49.2 Å². The summed E-state index contributed by atoms with van der Waals surface area (Å²) >= 11 is 0. The lowest BCUT2D eigenvalue weighted by Crippen LogP contribution is -2.03. The standard InChI is InChI=1S/C18H15FN2O4/c1-24-15-4-3-5-16(25-2)17(15)14-10-13(18(22)23)20-21(14)12-8-6-11(19)7-9-12/h3-10H,1-2H3,(H,22,23). The van der Waals surface area contributed by atoms with E-state index < -0.39 is 11.8 Å². The minimum absolute atomic E-state index is 0.146. The maximum absolute atomic E-state index is 13.2.